The van der Waals surface area contributed by atoms with Gasteiger partial charge in [0.15, 0.2) is 0 Å². The quantitative estimate of drug-likeness (QED) is 0.401. The Hall–Kier alpha value is -0.790. The van der Waals surface area contributed by atoms with E-state index in [-0.39, 0.29) is 4.75 Å². The van der Waals surface area contributed by atoms with Gasteiger partial charge in [0, 0.05) is 38.0 Å². The van der Waals surface area contributed by atoms with Crippen molar-refractivity contribution in [2.45, 2.75) is 18.6 Å². The molecule has 1 saturated heterocycles. The summed E-state index contributed by atoms with van der Waals surface area (Å²) in [5, 5.41) is 12.3. The van der Waals surface area contributed by atoms with Gasteiger partial charge in [-0.05, 0) is 20.1 Å². The van der Waals surface area contributed by atoms with Gasteiger partial charge in [-0.2, -0.15) is 11.8 Å². The molecule has 3 N–H and O–H groups in total. The van der Waals surface area contributed by atoms with E-state index in [0.717, 1.165) is 26.2 Å². The second-order valence-electron chi connectivity index (χ2n) is 4.17. The van der Waals surface area contributed by atoms with Gasteiger partial charge in [0.1, 0.15) is 0 Å². The van der Waals surface area contributed by atoms with Crippen LogP contribution in [-0.4, -0.2) is 56.5 Å². The van der Waals surface area contributed by atoms with Crippen molar-refractivity contribution >= 4 is 24.1 Å². The van der Waals surface area contributed by atoms with Crippen LogP contribution < -0.4 is 16.0 Å². The molecule has 0 saturated carbocycles. The summed E-state index contributed by atoms with van der Waals surface area (Å²) in [4.78, 5) is 15.0. The van der Waals surface area contributed by atoms with Crippen molar-refractivity contribution in [1.29, 1.82) is 0 Å². The van der Waals surface area contributed by atoms with Crippen molar-refractivity contribution < 1.29 is 9.63 Å². The maximum absolute atomic E-state index is 10.5. The minimum absolute atomic E-state index is 0.103. The molecule has 7 heteroatoms. The van der Waals surface area contributed by atoms with Crippen molar-refractivity contribution in [2.24, 2.45) is 5.16 Å². The molecule has 1 rings (SSSR count). The number of thioether (sulfide) groups is 1. The van der Waals surface area contributed by atoms with Gasteiger partial charge in [0.25, 0.3) is 0 Å². The van der Waals surface area contributed by atoms with E-state index in [2.05, 4.69) is 25.9 Å². The Labute approximate surface area is 113 Å². The molecule has 0 aromatic heterocycles. The van der Waals surface area contributed by atoms with Gasteiger partial charge in [0.05, 0.1) is 6.21 Å². The predicted molar refractivity (Wildman–Crippen MR) is 77.4 cm³/mol. The van der Waals surface area contributed by atoms with Crippen LogP contribution in [0.5, 0.6) is 0 Å². The third-order valence-corrected chi connectivity index (χ3v) is 3.34. The largest absolute Gasteiger partial charge is 0.433 e. The van der Waals surface area contributed by atoms with E-state index in [4.69, 9.17) is 0 Å². The molecular formula is C11H24N4O2S. The van der Waals surface area contributed by atoms with Crippen LogP contribution in [0.3, 0.4) is 0 Å². The van der Waals surface area contributed by atoms with Gasteiger partial charge >= 0.3 is 6.09 Å². The average molecular weight is 276 g/mol. The van der Waals surface area contributed by atoms with Crippen molar-refractivity contribution in [2.75, 3.05) is 39.5 Å². The van der Waals surface area contributed by atoms with Crippen molar-refractivity contribution in [1.82, 2.24) is 16.0 Å². The molecular weight excluding hydrogens is 252 g/mol. The fraction of sp³-hybridized carbons (Fsp3) is 0.818. The van der Waals surface area contributed by atoms with Crippen LogP contribution in [0.1, 0.15) is 13.8 Å². The predicted octanol–water partition coefficient (Wildman–Crippen LogP) is 0.649. The minimum atomic E-state index is -0.553. The van der Waals surface area contributed by atoms with E-state index < -0.39 is 6.09 Å². The maximum Gasteiger partial charge on any atom is 0.433 e. The number of oxime groups is 1. The molecule has 106 valence electrons. The van der Waals surface area contributed by atoms with E-state index >= 15 is 0 Å². The lowest BCUT2D eigenvalue weighted by Crippen LogP contribution is -2.39. The monoisotopic (exact) mass is 276 g/mol. The summed E-state index contributed by atoms with van der Waals surface area (Å²) >= 11 is 1.63. The number of nitrogens with zero attached hydrogens (tertiary/aromatic N) is 1. The van der Waals surface area contributed by atoms with Gasteiger partial charge in [-0.25, -0.2) is 4.79 Å². The van der Waals surface area contributed by atoms with Crippen molar-refractivity contribution in [3.05, 3.63) is 0 Å². The standard InChI is InChI=1S/C7H14N2O2S.C4H10N2/c1-7(2,12-4)5-9-11-6(10)8-3;1-2-6-4-3-5-1/h5H,1-4H3,(H,8,10);5-6H,1-4H2/b9-5+;. The molecule has 1 aliphatic heterocycles. The smallest absolute Gasteiger partial charge is 0.323 e. The zero-order chi connectivity index (χ0) is 13.9. The number of carbonyl (C=O) groups excluding carboxylic acids is 1. The van der Waals surface area contributed by atoms with E-state index in [0.29, 0.717) is 0 Å². The maximum atomic E-state index is 10.5. The van der Waals surface area contributed by atoms with Crippen LogP contribution in [-0.2, 0) is 4.84 Å². The molecule has 18 heavy (non-hydrogen) atoms. The molecule has 0 atom stereocenters. The van der Waals surface area contributed by atoms with Crippen LogP contribution in [0.25, 0.3) is 0 Å². The molecule has 1 heterocycles. The molecule has 0 aliphatic carbocycles. The summed E-state index contributed by atoms with van der Waals surface area (Å²) in [6.45, 7) is 8.52. The average Bonchev–Trinajstić information content (AvgIpc) is 2.41. The van der Waals surface area contributed by atoms with Crippen LogP contribution in [0.15, 0.2) is 5.16 Å². The molecule has 1 aliphatic rings. The summed E-state index contributed by atoms with van der Waals surface area (Å²) in [6.07, 6.45) is 3.00. The number of piperazine rings is 1. The Bertz CT molecular complexity index is 244. The summed E-state index contributed by atoms with van der Waals surface area (Å²) in [7, 11) is 1.48. The highest BCUT2D eigenvalue weighted by atomic mass is 32.2. The molecule has 1 amide bonds. The lowest BCUT2D eigenvalue weighted by molar-refractivity contribution is 0.153. The van der Waals surface area contributed by atoms with E-state index in [1.165, 1.54) is 7.05 Å². The minimum Gasteiger partial charge on any atom is -0.323 e. The fourth-order valence-electron chi connectivity index (χ4n) is 0.903. The zero-order valence-electron chi connectivity index (χ0n) is 11.6. The number of rotatable bonds is 3. The Kier molecular flexibility index (Phi) is 9.72. The first-order valence-electron chi connectivity index (χ1n) is 5.91. The SMILES string of the molecule is C1CNCCN1.CNC(=O)O/N=C/C(C)(C)SC. The molecule has 6 nitrogen and oxygen atoms in total. The van der Waals surface area contributed by atoms with Crippen LogP contribution in [0.2, 0.25) is 0 Å². The number of carbonyl (C=O) groups is 1. The van der Waals surface area contributed by atoms with Crippen LogP contribution in [0, 0.1) is 0 Å². The van der Waals surface area contributed by atoms with Crippen LogP contribution in [0.4, 0.5) is 4.79 Å². The van der Waals surface area contributed by atoms with Gasteiger partial charge in [-0.1, -0.05) is 5.16 Å². The topological polar surface area (TPSA) is 74.8 Å². The highest BCUT2D eigenvalue weighted by molar-refractivity contribution is 8.00. The lowest BCUT2D eigenvalue weighted by atomic mass is 10.2. The normalized spacial score (nSPS) is 15.8. The molecule has 0 unspecified atom stereocenters. The zero-order valence-corrected chi connectivity index (χ0v) is 12.4. The lowest BCUT2D eigenvalue weighted by Gasteiger charge is -2.13. The first-order valence-corrected chi connectivity index (χ1v) is 7.14. The fourth-order valence-corrected chi connectivity index (χ4v) is 1.05. The van der Waals surface area contributed by atoms with Gasteiger partial charge in [0.2, 0.25) is 0 Å². The second-order valence-corrected chi connectivity index (χ2v) is 5.63. The molecule has 0 radical (unpaired) electrons. The Balaban J connectivity index is 0.000000397. The number of amides is 1. The molecule has 1 fully saturated rings. The van der Waals surface area contributed by atoms with E-state index in [1.807, 2.05) is 20.1 Å². The first-order chi connectivity index (χ1) is 8.52. The Morgan fingerprint density at radius 2 is 1.83 bits per heavy atom. The molecule has 0 aromatic rings. The molecule has 0 aromatic carbocycles. The third-order valence-electron chi connectivity index (χ3n) is 2.19. The first kappa shape index (κ1) is 17.2. The summed E-state index contributed by atoms with van der Waals surface area (Å²) < 4.78 is -0.103. The summed E-state index contributed by atoms with van der Waals surface area (Å²) in [5.41, 5.74) is 0. The van der Waals surface area contributed by atoms with E-state index in [9.17, 15) is 4.79 Å². The van der Waals surface area contributed by atoms with Gasteiger partial charge in [-0.3, -0.25) is 4.84 Å². The number of nitrogens with one attached hydrogen (secondary N) is 3. The van der Waals surface area contributed by atoms with Crippen molar-refractivity contribution in [3.63, 3.8) is 0 Å². The highest BCUT2D eigenvalue weighted by Crippen LogP contribution is 2.17. The number of hydrogen-bond acceptors (Lipinski definition) is 6. The van der Waals surface area contributed by atoms with Crippen LogP contribution >= 0.6 is 11.8 Å². The second kappa shape index (κ2) is 10.2. The number of hydrogen-bond donors (Lipinski definition) is 3. The Morgan fingerprint density at radius 1 is 1.33 bits per heavy atom. The summed E-state index contributed by atoms with van der Waals surface area (Å²) in [6, 6.07) is 0. The molecule has 0 spiro atoms. The molecule has 0 bridgehead atoms. The third kappa shape index (κ3) is 10.4. The van der Waals surface area contributed by atoms with Gasteiger partial charge in [-0.15, -0.1) is 0 Å². The van der Waals surface area contributed by atoms with Gasteiger partial charge < -0.3 is 16.0 Å². The summed E-state index contributed by atoms with van der Waals surface area (Å²) in [5.74, 6) is 0. The Morgan fingerprint density at radius 3 is 2.17 bits per heavy atom. The highest BCUT2D eigenvalue weighted by Gasteiger charge is 2.12. The van der Waals surface area contributed by atoms with E-state index in [1.54, 1.807) is 18.0 Å². The van der Waals surface area contributed by atoms with Crippen molar-refractivity contribution in [3.8, 4) is 0 Å².